The molecule has 5 aromatic carbocycles. The average molecular weight is 592 g/mol. The summed E-state index contributed by atoms with van der Waals surface area (Å²) in [6, 6.07) is 20.0. The van der Waals surface area contributed by atoms with E-state index in [0.717, 1.165) is 24.3 Å². The summed E-state index contributed by atoms with van der Waals surface area (Å²) < 4.78 is 57.7. The fraction of sp³-hybridized carbons (Fsp3) is 0. The van der Waals surface area contributed by atoms with E-state index in [9.17, 15) is 13.2 Å². The molecule has 0 unspecified atom stereocenters. The fourth-order valence-electron chi connectivity index (χ4n) is 4.41. The van der Waals surface area contributed by atoms with E-state index in [2.05, 4.69) is 0 Å². The van der Waals surface area contributed by atoms with E-state index in [-0.39, 0.29) is 31.8 Å². The number of benzene rings is 5. The van der Waals surface area contributed by atoms with Crippen molar-refractivity contribution in [2.45, 2.75) is 0 Å². The number of hydrogen-bond donors (Lipinski definition) is 0. The summed E-state index contributed by atoms with van der Waals surface area (Å²) in [5, 5.41) is 0.528. The maximum absolute atomic E-state index is 15.2. The van der Waals surface area contributed by atoms with Crippen LogP contribution in [0, 0.1) is 23.3 Å². The van der Waals surface area contributed by atoms with Crippen LogP contribution < -0.4 is 0 Å². The van der Waals surface area contributed by atoms with Gasteiger partial charge in [0.2, 0.25) is 0 Å². The van der Waals surface area contributed by atoms with Crippen LogP contribution in [0.3, 0.4) is 0 Å². The normalized spacial score (nSPS) is 11.2. The van der Waals surface area contributed by atoms with Crippen molar-refractivity contribution in [1.29, 1.82) is 0 Å². The highest BCUT2D eigenvalue weighted by Crippen LogP contribution is 2.54. The van der Waals surface area contributed by atoms with Crippen molar-refractivity contribution in [3.63, 3.8) is 0 Å². The predicted molar refractivity (Wildman–Crippen MR) is 148 cm³/mol. The van der Waals surface area contributed by atoms with Crippen LogP contribution in [0.15, 0.2) is 84.9 Å². The Bertz CT molecular complexity index is 1700. The second kappa shape index (κ2) is 10.6. The van der Waals surface area contributed by atoms with Crippen LogP contribution in [0.5, 0.6) is 0 Å². The molecule has 0 saturated heterocycles. The topological polar surface area (TPSA) is 0 Å². The molecule has 0 aliphatic rings. The summed E-state index contributed by atoms with van der Waals surface area (Å²) in [6.45, 7) is 0. The number of halogens is 8. The fourth-order valence-corrected chi connectivity index (χ4v) is 5.50. The maximum Gasteiger partial charge on any atom is 0.159 e. The van der Waals surface area contributed by atoms with Crippen LogP contribution in [0.25, 0.3) is 44.5 Å². The lowest BCUT2D eigenvalue weighted by molar-refractivity contribution is 0.509. The van der Waals surface area contributed by atoms with Crippen molar-refractivity contribution < 1.29 is 17.6 Å². The van der Waals surface area contributed by atoms with Crippen LogP contribution in [-0.2, 0) is 0 Å². The minimum absolute atomic E-state index is 0.0194. The van der Waals surface area contributed by atoms with Gasteiger partial charge in [0.15, 0.2) is 11.6 Å². The van der Waals surface area contributed by atoms with E-state index >= 15 is 4.39 Å². The molecule has 0 amide bonds. The Morgan fingerprint density at radius 3 is 1.71 bits per heavy atom. The molecule has 0 bridgehead atoms. The lowest BCUT2D eigenvalue weighted by Crippen LogP contribution is -2.00. The number of hydrogen-bond acceptors (Lipinski definition) is 0. The molecule has 38 heavy (non-hydrogen) atoms. The quantitative estimate of drug-likeness (QED) is 0.182. The summed E-state index contributed by atoms with van der Waals surface area (Å²) in [7, 11) is 0. The molecule has 0 aliphatic carbocycles. The average Bonchev–Trinajstić information content (AvgIpc) is 2.88. The standard InChI is InChI=1S/C30H14Cl4F4/c31-17-7-9-19(21(32)13-17)27-26(16-6-11-22(36)24(38)12-16)25(15-4-2-1-3-5-15)28(30(34)29(27)33)20-10-8-18(35)14-23(20)37/h1-14H. The molecule has 0 nitrogen and oxygen atoms in total. The van der Waals surface area contributed by atoms with Crippen molar-refractivity contribution in [3.05, 3.63) is 128 Å². The second-order valence-electron chi connectivity index (χ2n) is 8.37. The molecule has 0 atom stereocenters. The van der Waals surface area contributed by atoms with Gasteiger partial charge in [-0.2, -0.15) is 0 Å². The van der Waals surface area contributed by atoms with Gasteiger partial charge in [-0.1, -0.05) is 88.9 Å². The van der Waals surface area contributed by atoms with Crippen molar-refractivity contribution in [2.24, 2.45) is 0 Å². The SMILES string of the molecule is Fc1ccc(-c2c(Cl)c(Cl)c(-c3ccc(Cl)cc3Cl)c(-c3ccc(F)c(F)c3)c2-c2ccccc2)c(F)c1. The molecule has 5 rings (SSSR count). The van der Waals surface area contributed by atoms with E-state index in [1.165, 1.54) is 18.2 Å². The Morgan fingerprint density at radius 2 is 1.08 bits per heavy atom. The van der Waals surface area contributed by atoms with E-state index in [1.807, 2.05) is 0 Å². The van der Waals surface area contributed by atoms with E-state index < -0.39 is 23.3 Å². The van der Waals surface area contributed by atoms with Crippen molar-refractivity contribution >= 4 is 46.4 Å². The molecule has 8 heteroatoms. The van der Waals surface area contributed by atoms with Crippen molar-refractivity contribution in [2.75, 3.05) is 0 Å². The van der Waals surface area contributed by atoms with Crippen LogP contribution in [0.1, 0.15) is 0 Å². The molecule has 0 N–H and O–H groups in total. The molecule has 5 aromatic rings. The second-order valence-corrected chi connectivity index (χ2v) is 9.97. The highest BCUT2D eigenvalue weighted by Gasteiger charge is 2.28. The third kappa shape index (κ3) is 4.78. The van der Waals surface area contributed by atoms with Crippen LogP contribution in [0.4, 0.5) is 17.6 Å². The van der Waals surface area contributed by atoms with Gasteiger partial charge in [0.25, 0.3) is 0 Å². The zero-order chi connectivity index (χ0) is 27.1. The zero-order valence-electron chi connectivity index (χ0n) is 19.1. The molecular formula is C30H14Cl4F4. The summed E-state index contributed by atoms with van der Waals surface area (Å²) >= 11 is 26.4. The first-order valence-corrected chi connectivity index (χ1v) is 12.6. The van der Waals surface area contributed by atoms with E-state index in [4.69, 9.17) is 46.4 Å². The number of rotatable bonds is 4. The molecule has 0 aromatic heterocycles. The van der Waals surface area contributed by atoms with Gasteiger partial charge in [-0.3, -0.25) is 0 Å². The van der Waals surface area contributed by atoms with Gasteiger partial charge in [0.05, 0.1) is 10.0 Å². The Morgan fingerprint density at radius 1 is 0.447 bits per heavy atom. The van der Waals surface area contributed by atoms with Crippen LogP contribution in [0.2, 0.25) is 20.1 Å². The third-order valence-electron chi connectivity index (χ3n) is 6.05. The van der Waals surface area contributed by atoms with Gasteiger partial charge in [-0.15, -0.1) is 0 Å². The highest BCUT2D eigenvalue weighted by atomic mass is 35.5. The molecule has 0 radical (unpaired) electrons. The van der Waals surface area contributed by atoms with Crippen LogP contribution >= 0.6 is 46.4 Å². The van der Waals surface area contributed by atoms with Gasteiger partial charge in [-0.05, 0) is 58.7 Å². The minimum Gasteiger partial charge on any atom is -0.207 e. The third-order valence-corrected chi connectivity index (χ3v) is 7.45. The molecule has 0 spiro atoms. The Kier molecular flexibility index (Phi) is 7.43. The van der Waals surface area contributed by atoms with Crippen molar-refractivity contribution in [3.8, 4) is 44.5 Å². The lowest BCUT2D eigenvalue weighted by atomic mass is 9.82. The van der Waals surface area contributed by atoms with Crippen LogP contribution in [-0.4, -0.2) is 0 Å². The zero-order valence-corrected chi connectivity index (χ0v) is 22.1. The summed E-state index contributed by atoms with van der Waals surface area (Å²) in [4.78, 5) is 0. The molecular weight excluding hydrogens is 578 g/mol. The molecule has 0 fully saturated rings. The van der Waals surface area contributed by atoms with Gasteiger partial charge in [0, 0.05) is 38.4 Å². The summed E-state index contributed by atoms with van der Waals surface area (Å²) in [5.41, 5.74) is 2.29. The molecule has 0 heterocycles. The van der Waals surface area contributed by atoms with Crippen molar-refractivity contribution in [1.82, 2.24) is 0 Å². The summed E-state index contributed by atoms with van der Waals surface area (Å²) in [5.74, 6) is -3.81. The minimum atomic E-state index is -1.10. The highest BCUT2D eigenvalue weighted by molar-refractivity contribution is 6.47. The molecule has 190 valence electrons. The van der Waals surface area contributed by atoms with Gasteiger partial charge in [0.1, 0.15) is 11.6 Å². The van der Waals surface area contributed by atoms with Gasteiger partial charge in [-0.25, -0.2) is 17.6 Å². The lowest BCUT2D eigenvalue weighted by Gasteiger charge is -2.24. The van der Waals surface area contributed by atoms with Gasteiger partial charge >= 0.3 is 0 Å². The maximum atomic E-state index is 15.2. The molecule has 0 saturated carbocycles. The smallest absolute Gasteiger partial charge is 0.159 e. The predicted octanol–water partition coefficient (Wildman–Crippen LogP) is 11.5. The Hall–Kier alpha value is -3.02. The first kappa shape index (κ1) is 26.6. The Labute approximate surface area is 236 Å². The van der Waals surface area contributed by atoms with E-state index in [0.29, 0.717) is 32.8 Å². The first-order chi connectivity index (χ1) is 18.2. The first-order valence-electron chi connectivity index (χ1n) is 11.1. The monoisotopic (exact) mass is 590 g/mol. The van der Waals surface area contributed by atoms with E-state index in [1.54, 1.807) is 42.5 Å². The molecule has 0 aliphatic heterocycles. The summed E-state index contributed by atoms with van der Waals surface area (Å²) in [6.07, 6.45) is 0. The largest absolute Gasteiger partial charge is 0.207 e. The Balaban J connectivity index is 2.04. The van der Waals surface area contributed by atoms with Gasteiger partial charge < -0.3 is 0 Å².